The maximum absolute atomic E-state index is 11.8. The lowest BCUT2D eigenvalue weighted by atomic mass is 10.2. The third-order valence-corrected chi connectivity index (χ3v) is 3.89. The maximum Gasteiger partial charge on any atom is 0.233 e. The maximum atomic E-state index is 11.8. The highest BCUT2D eigenvalue weighted by molar-refractivity contribution is 8.00. The van der Waals surface area contributed by atoms with Crippen LogP contribution in [0.4, 0.5) is 5.82 Å². The topological polar surface area (TPSA) is 66.9 Å². The van der Waals surface area contributed by atoms with E-state index in [0.717, 1.165) is 23.3 Å². The van der Waals surface area contributed by atoms with E-state index in [2.05, 4.69) is 20.6 Å². The molecule has 0 fully saturated rings. The van der Waals surface area contributed by atoms with E-state index in [0.29, 0.717) is 11.7 Å². The highest BCUT2D eigenvalue weighted by Crippen LogP contribution is 2.26. The van der Waals surface area contributed by atoms with Crippen molar-refractivity contribution in [2.24, 2.45) is 0 Å². The normalized spacial score (nSPS) is 12.1. The van der Waals surface area contributed by atoms with Crippen LogP contribution < -0.4 is 10.6 Å². The average Bonchev–Trinajstić information content (AvgIpc) is 2.48. The first kappa shape index (κ1) is 15.6. The summed E-state index contributed by atoms with van der Waals surface area (Å²) in [4.78, 5) is 20.9. The van der Waals surface area contributed by atoms with Gasteiger partial charge in [-0.25, -0.2) is 9.97 Å². The van der Waals surface area contributed by atoms with Crippen molar-refractivity contribution >= 4 is 34.4 Å². The summed E-state index contributed by atoms with van der Waals surface area (Å²) in [5.74, 6) is 0.818. The Kier molecular flexibility index (Phi) is 5.38. The number of thioether (sulfide) groups is 1. The summed E-state index contributed by atoms with van der Waals surface area (Å²) in [5.41, 5.74) is 0.883. The second-order valence-corrected chi connectivity index (χ2v) is 5.86. The summed E-state index contributed by atoms with van der Waals surface area (Å²) >= 11 is 1.37. The van der Waals surface area contributed by atoms with Crippen molar-refractivity contribution < 1.29 is 4.79 Å². The van der Waals surface area contributed by atoms with Gasteiger partial charge in [0, 0.05) is 18.5 Å². The monoisotopic (exact) mass is 304 g/mol. The number of carbonyl (C=O) groups is 1. The van der Waals surface area contributed by atoms with E-state index in [1.807, 2.05) is 45.0 Å². The fourth-order valence-corrected chi connectivity index (χ4v) is 2.74. The van der Waals surface area contributed by atoms with Crippen molar-refractivity contribution in [2.75, 3.05) is 18.4 Å². The van der Waals surface area contributed by atoms with Crippen LogP contribution in [0.1, 0.15) is 20.8 Å². The summed E-state index contributed by atoms with van der Waals surface area (Å²) in [6.45, 7) is 7.22. The van der Waals surface area contributed by atoms with Gasteiger partial charge in [-0.3, -0.25) is 4.79 Å². The molecule has 1 amide bonds. The van der Waals surface area contributed by atoms with Crippen LogP contribution in [0.25, 0.3) is 10.9 Å². The van der Waals surface area contributed by atoms with Gasteiger partial charge in [0.25, 0.3) is 0 Å². The summed E-state index contributed by atoms with van der Waals surface area (Å²) < 4.78 is 0. The SMILES string of the molecule is CCNC(=O)[C@H](C)Sc1nc(NCC)c2ccccc2n1. The number of amides is 1. The van der Waals surface area contributed by atoms with E-state index in [4.69, 9.17) is 0 Å². The zero-order valence-electron chi connectivity index (χ0n) is 12.5. The van der Waals surface area contributed by atoms with E-state index in [-0.39, 0.29) is 11.2 Å². The molecule has 1 atom stereocenters. The quantitative estimate of drug-likeness (QED) is 0.634. The molecule has 2 N–H and O–H groups in total. The standard InChI is InChI=1S/C15H20N4OS/c1-4-16-13-11-8-6-7-9-12(11)18-15(19-13)21-10(3)14(20)17-5-2/h6-10H,4-5H2,1-3H3,(H,17,20)(H,16,18,19)/t10-/m0/s1. The molecule has 112 valence electrons. The van der Waals surface area contributed by atoms with Crippen LogP contribution in [-0.4, -0.2) is 34.2 Å². The number of carbonyl (C=O) groups excluding carboxylic acids is 1. The van der Waals surface area contributed by atoms with E-state index < -0.39 is 0 Å². The molecule has 5 nitrogen and oxygen atoms in total. The van der Waals surface area contributed by atoms with Crippen molar-refractivity contribution in [3.63, 3.8) is 0 Å². The molecule has 1 aromatic carbocycles. The number of nitrogens with one attached hydrogen (secondary N) is 2. The van der Waals surface area contributed by atoms with Crippen molar-refractivity contribution in [1.29, 1.82) is 0 Å². The Morgan fingerprint density at radius 3 is 2.71 bits per heavy atom. The van der Waals surface area contributed by atoms with E-state index in [1.54, 1.807) is 0 Å². The predicted octanol–water partition coefficient (Wildman–Crippen LogP) is 2.68. The van der Waals surface area contributed by atoms with Crippen LogP contribution in [0.5, 0.6) is 0 Å². The fourth-order valence-electron chi connectivity index (χ4n) is 1.94. The Morgan fingerprint density at radius 1 is 1.24 bits per heavy atom. The number of rotatable bonds is 6. The summed E-state index contributed by atoms with van der Waals surface area (Å²) in [6, 6.07) is 7.87. The van der Waals surface area contributed by atoms with Crippen molar-refractivity contribution in [3.05, 3.63) is 24.3 Å². The largest absolute Gasteiger partial charge is 0.370 e. The predicted molar refractivity (Wildman–Crippen MR) is 87.7 cm³/mol. The summed E-state index contributed by atoms with van der Waals surface area (Å²) in [5, 5.41) is 7.45. The molecular weight excluding hydrogens is 284 g/mol. The molecule has 0 saturated heterocycles. The molecule has 0 bridgehead atoms. The third kappa shape index (κ3) is 3.85. The molecule has 2 rings (SSSR count). The minimum Gasteiger partial charge on any atom is -0.370 e. The fraction of sp³-hybridized carbons (Fsp3) is 0.400. The van der Waals surface area contributed by atoms with Crippen molar-refractivity contribution in [2.45, 2.75) is 31.2 Å². The van der Waals surface area contributed by atoms with Gasteiger partial charge in [-0.1, -0.05) is 23.9 Å². The number of hydrogen-bond acceptors (Lipinski definition) is 5. The van der Waals surface area contributed by atoms with E-state index in [9.17, 15) is 4.79 Å². The van der Waals surface area contributed by atoms with Crippen LogP contribution in [0.3, 0.4) is 0 Å². The van der Waals surface area contributed by atoms with Crippen LogP contribution >= 0.6 is 11.8 Å². The average molecular weight is 304 g/mol. The molecule has 6 heteroatoms. The highest BCUT2D eigenvalue weighted by Gasteiger charge is 2.16. The van der Waals surface area contributed by atoms with Crippen LogP contribution in [0, 0.1) is 0 Å². The molecule has 0 spiro atoms. The lowest BCUT2D eigenvalue weighted by Crippen LogP contribution is -2.30. The third-order valence-electron chi connectivity index (χ3n) is 2.93. The van der Waals surface area contributed by atoms with Gasteiger partial charge in [0.15, 0.2) is 5.16 Å². The summed E-state index contributed by atoms with van der Waals surface area (Å²) in [7, 11) is 0. The Balaban J connectivity index is 2.29. The number of nitrogens with zero attached hydrogens (tertiary/aromatic N) is 2. The lowest BCUT2D eigenvalue weighted by molar-refractivity contribution is -0.120. The zero-order chi connectivity index (χ0) is 15.2. The molecule has 0 aliphatic carbocycles. The van der Waals surface area contributed by atoms with Gasteiger partial charge in [0.05, 0.1) is 10.8 Å². The molecule has 0 radical (unpaired) electrons. The molecule has 1 heterocycles. The first-order valence-corrected chi connectivity index (χ1v) is 7.98. The number of benzene rings is 1. The molecule has 1 aromatic heterocycles. The Morgan fingerprint density at radius 2 is 2.00 bits per heavy atom. The van der Waals surface area contributed by atoms with E-state index >= 15 is 0 Å². The second-order valence-electron chi connectivity index (χ2n) is 4.56. The molecular formula is C15H20N4OS. The van der Waals surface area contributed by atoms with Gasteiger partial charge in [0.2, 0.25) is 5.91 Å². The first-order chi connectivity index (χ1) is 10.2. The van der Waals surface area contributed by atoms with Crippen molar-refractivity contribution in [3.8, 4) is 0 Å². The second kappa shape index (κ2) is 7.26. The Hall–Kier alpha value is -1.82. The van der Waals surface area contributed by atoms with Crippen molar-refractivity contribution in [1.82, 2.24) is 15.3 Å². The molecule has 2 aromatic rings. The highest BCUT2D eigenvalue weighted by atomic mass is 32.2. The number of fused-ring (bicyclic) bond motifs is 1. The van der Waals surface area contributed by atoms with Gasteiger partial charge in [-0.05, 0) is 32.9 Å². The van der Waals surface area contributed by atoms with Crippen LogP contribution in [-0.2, 0) is 4.79 Å². The van der Waals surface area contributed by atoms with Gasteiger partial charge in [0.1, 0.15) is 5.82 Å². The molecule has 0 saturated carbocycles. The number of para-hydroxylation sites is 1. The molecule has 0 aliphatic rings. The van der Waals surface area contributed by atoms with Gasteiger partial charge in [-0.15, -0.1) is 0 Å². The van der Waals surface area contributed by atoms with Gasteiger partial charge >= 0.3 is 0 Å². The number of anilines is 1. The number of hydrogen-bond donors (Lipinski definition) is 2. The zero-order valence-corrected chi connectivity index (χ0v) is 13.3. The van der Waals surface area contributed by atoms with E-state index in [1.165, 1.54) is 11.8 Å². The van der Waals surface area contributed by atoms with Gasteiger partial charge in [-0.2, -0.15) is 0 Å². The molecule has 0 aliphatic heterocycles. The van der Waals surface area contributed by atoms with Crippen LogP contribution in [0.2, 0.25) is 0 Å². The first-order valence-electron chi connectivity index (χ1n) is 7.10. The smallest absolute Gasteiger partial charge is 0.233 e. The molecule has 0 unspecified atom stereocenters. The Bertz CT molecular complexity index is 632. The lowest BCUT2D eigenvalue weighted by Gasteiger charge is -2.12. The molecule has 21 heavy (non-hydrogen) atoms. The van der Waals surface area contributed by atoms with Crippen LogP contribution in [0.15, 0.2) is 29.4 Å². The van der Waals surface area contributed by atoms with Gasteiger partial charge < -0.3 is 10.6 Å². The summed E-state index contributed by atoms with van der Waals surface area (Å²) in [6.07, 6.45) is 0. The minimum atomic E-state index is -0.222. The number of aromatic nitrogens is 2. The Labute approximate surface area is 128 Å². The minimum absolute atomic E-state index is 0.00394.